The molecule has 0 aliphatic carbocycles. The lowest BCUT2D eigenvalue weighted by atomic mass is 10.2. The Morgan fingerprint density at radius 2 is 1.56 bits per heavy atom. The number of rotatable bonds is 4. The van der Waals surface area contributed by atoms with Crippen molar-refractivity contribution >= 4 is 11.7 Å². The highest BCUT2D eigenvalue weighted by Crippen LogP contribution is 2.22. The molecule has 126 valence electrons. The van der Waals surface area contributed by atoms with Crippen LogP contribution in [0.5, 0.6) is 11.5 Å². The Morgan fingerprint density at radius 3 is 2.24 bits per heavy atom. The normalized spacial score (nSPS) is 10.4. The summed E-state index contributed by atoms with van der Waals surface area (Å²) in [5.41, 5.74) is -0.423. The van der Waals surface area contributed by atoms with Crippen molar-refractivity contribution in [2.45, 2.75) is 0 Å². The molecular weight excluding hydrogens is 333 g/mol. The van der Waals surface area contributed by atoms with E-state index in [4.69, 9.17) is 4.74 Å². The number of halogens is 3. The summed E-state index contributed by atoms with van der Waals surface area (Å²) in [6, 6.07) is 11.0. The summed E-state index contributed by atoms with van der Waals surface area (Å²) in [4.78, 5) is 15.9. The Kier molecular flexibility index (Phi) is 4.65. The number of hydrogen-bond donors (Lipinski definition) is 1. The van der Waals surface area contributed by atoms with E-state index in [9.17, 15) is 18.0 Å². The van der Waals surface area contributed by atoms with Crippen LogP contribution in [0.2, 0.25) is 0 Å². The molecule has 3 aromatic rings. The van der Waals surface area contributed by atoms with Crippen LogP contribution in [-0.4, -0.2) is 10.9 Å². The molecule has 0 aliphatic rings. The van der Waals surface area contributed by atoms with Crippen LogP contribution in [0.15, 0.2) is 60.8 Å². The minimum absolute atomic E-state index is 0.139. The van der Waals surface area contributed by atoms with Gasteiger partial charge in [-0.05, 0) is 54.6 Å². The molecule has 0 bridgehead atoms. The number of benzene rings is 2. The zero-order valence-corrected chi connectivity index (χ0v) is 12.7. The number of aromatic nitrogens is 1. The first-order chi connectivity index (χ1) is 12.0. The van der Waals surface area contributed by atoms with Crippen molar-refractivity contribution in [2.24, 2.45) is 0 Å². The van der Waals surface area contributed by atoms with E-state index < -0.39 is 23.1 Å². The van der Waals surface area contributed by atoms with Crippen molar-refractivity contribution in [1.29, 1.82) is 0 Å². The Balaban J connectivity index is 1.69. The summed E-state index contributed by atoms with van der Waals surface area (Å²) in [5, 5.41) is 2.36. The molecule has 0 saturated heterocycles. The van der Waals surface area contributed by atoms with Gasteiger partial charge in [-0.15, -0.1) is 0 Å². The third-order valence-corrected chi connectivity index (χ3v) is 3.20. The third kappa shape index (κ3) is 4.14. The molecular formula is C18H11F3N2O2. The lowest BCUT2D eigenvalue weighted by Gasteiger charge is -2.08. The fourth-order valence-corrected chi connectivity index (χ4v) is 2.01. The Hall–Kier alpha value is -3.35. The van der Waals surface area contributed by atoms with Crippen molar-refractivity contribution in [1.82, 2.24) is 4.98 Å². The lowest BCUT2D eigenvalue weighted by Crippen LogP contribution is -2.14. The predicted molar refractivity (Wildman–Crippen MR) is 85.0 cm³/mol. The molecule has 0 atom stereocenters. The van der Waals surface area contributed by atoms with Crippen LogP contribution in [-0.2, 0) is 0 Å². The van der Waals surface area contributed by atoms with E-state index in [1.165, 1.54) is 42.6 Å². The summed E-state index contributed by atoms with van der Waals surface area (Å²) in [6.45, 7) is 0. The van der Waals surface area contributed by atoms with Gasteiger partial charge in [0, 0.05) is 0 Å². The Bertz CT molecular complexity index is 897. The fraction of sp³-hybridized carbons (Fsp3) is 0. The first-order valence-corrected chi connectivity index (χ1v) is 7.17. The van der Waals surface area contributed by atoms with Crippen molar-refractivity contribution in [2.75, 3.05) is 5.32 Å². The number of carbonyl (C=O) groups is 1. The highest BCUT2D eigenvalue weighted by atomic mass is 19.1. The molecule has 0 saturated carbocycles. The van der Waals surface area contributed by atoms with Crippen LogP contribution in [0.1, 0.15) is 10.4 Å². The molecule has 0 spiro atoms. The molecule has 25 heavy (non-hydrogen) atoms. The summed E-state index contributed by atoms with van der Waals surface area (Å²) in [6.07, 6.45) is 1.33. The van der Waals surface area contributed by atoms with E-state index in [1.54, 1.807) is 0 Å². The monoisotopic (exact) mass is 344 g/mol. The van der Waals surface area contributed by atoms with E-state index in [1.807, 2.05) is 0 Å². The quantitative estimate of drug-likeness (QED) is 0.756. The maximum atomic E-state index is 13.6. The average molecular weight is 344 g/mol. The van der Waals surface area contributed by atoms with Gasteiger partial charge in [-0.1, -0.05) is 0 Å². The van der Waals surface area contributed by atoms with Gasteiger partial charge in [0.1, 0.15) is 34.8 Å². The molecule has 0 fully saturated rings. The molecule has 1 aromatic heterocycles. The largest absolute Gasteiger partial charge is 0.456 e. The molecule has 3 rings (SSSR count). The Morgan fingerprint density at radius 1 is 0.880 bits per heavy atom. The zero-order valence-electron chi connectivity index (χ0n) is 12.7. The number of ether oxygens (including phenoxy) is 1. The molecule has 0 unspecified atom stereocenters. The van der Waals surface area contributed by atoms with Gasteiger partial charge in [0.15, 0.2) is 0 Å². The van der Waals surface area contributed by atoms with E-state index >= 15 is 0 Å². The summed E-state index contributed by atoms with van der Waals surface area (Å²) >= 11 is 0. The van der Waals surface area contributed by atoms with Crippen LogP contribution in [0.4, 0.5) is 19.0 Å². The van der Waals surface area contributed by atoms with Gasteiger partial charge < -0.3 is 10.1 Å². The third-order valence-electron chi connectivity index (χ3n) is 3.20. The first-order valence-electron chi connectivity index (χ1n) is 7.17. The molecule has 0 radical (unpaired) electrons. The predicted octanol–water partition coefficient (Wildman–Crippen LogP) is 4.54. The molecule has 1 amide bonds. The smallest absolute Gasteiger partial charge is 0.259 e. The van der Waals surface area contributed by atoms with Crippen molar-refractivity contribution < 1.29 is 22.7 Å². The van der Waals surface area contributed by atoms with Crippen LogP contribution in [0.25, 0.3) is 0 Å². The molecule has 1 N–H and O–H groups in total. The maximum Gasteiger partial charge on any atom is 0.259 e. The molecule has 4 nitrogen and oxygen atoms in total. The maximum absolute atomic E-state index is 13.6. The SMILES string of the molecule is O=C(Nc1ccc(Oc2ccc(F)cc2)cn1)c1cc(F)ccc1F. The number of anilines is 1. The van der Waals surface area contributed by atoms with Crippen LogP contribution in [0.3, 0.4) is 0 Å². The van der Waals surface area contributed by atoms with Crippen LogP contribution >= 0.6 is 0 Å². The number of nitrogens with zero attached hydrogens (tertiary/aromatic N) is 1. The minimum atomic E-state index is -0.838. The molecule has 0 aliphatic heterocycles. The number of hydrogen-bond acceptors (Lipinski definition) is 3. The van der Waals surface area contributed by atoms with Crippen molar-refractivity contribution in [3.63, 3.8) is 0 Å². The first kappa shape index (κ1) is 16.5. The highest BCUT2D eigenvalue weighted by molar-refractivity contribution is 6.03. The average Bonchev–Trinajstić information content (AvgIpc) is 2.60. The zero-order chi connectivity index (χ0) is 17.8. The second kappa shape index (κ2) is 7.04. The fourth-order valence-electron chi connectivity index (χ4n) is 2.01. The summed E-state index contributed by atoms with van der Waals surface area (Å²) in [7, 11) is 0. The molecule has 2 aromatic carbocycles. The number of pyridine rings is 1. The van der Waals surface area contributed by atoms with Gasteiger partial charge in [-0.3, -0.25) is 4.79 Å². The van der Waals surface area contributed by atoms with Crippen LogP contribution < -0.4 is 10.1 Å². The van der Waals surface area contributed by atoms with E-state index in [0.29, 0.717) is 11.5 Å². The van der Waals surface area contributed by atoms with E-state index in [0.717, 1.165) is 18.2 Å². The Labute approximate surface area is 140 Å². The van der Waals surface area contributed by atoms with Gasteiger partial charge in [0.05, 0.1) is 11.8 Å². The molecule has 7 heteroatoms. The van der Waals surface area contributed by atoms with Gasteiger partial charge in [-0.2, -0.15) is 0 Å². The van der Waals surface area contributed by atoms with Crippen LogP contribution in [0, 0.1) is 17.5 Å². The minimum Gasteiger partial charge on any atom is -0.456 e. The van der Waals surface area contributed by atoms with Gasteiger partial charge in [0.25, 0.3) is 5.91 Å². The summed E-state index contributed by atoms with van der Waals surface area (Å²) < 4.78 is 45.0. The second-order valence-electron chi connectivity index (χ2n) is 5.01. The van der Waals surface area contributed by atoms with E-state index in [2.05, 4.69) is 10.3 Å². The number of nitrogens with one attached hydrogen (secondary N) is 1. The lowest BCUT2D eigenvalue weighted by molar-refractivity contribution is 0.102. The highest BCUT2D eigenvalue weighted by Gasteiger charge is 2.13. The topological polar surface area (TPSA) is 51.2 Å². The molecule has 1 heterocycles. The summed E-state index contributed by atoms with van der Waals surface area (Å²) in [5.74, 6) is -1.84. The van der Waals surface area contributed by atoms with Crippen molar-refractivity contribution in [3.8, 4) is 11.5 Å². The van der Waals surface area contributed by atoms with Gasteiger partial charge in [0.2, 0.25) is 0 Å². The van der Waals surface area contributed by atoms with E-state index in [-0.39, 0.29) is 11.6 Å². The van der Waals surface area contributed by atoms with Gasteiger partial charge >= 0.3 is 0 Å². The second-order valence-corrected chi connectivity index (χ2v) is 5.01. The van der Waals surface area contributed by atoms with Crippen molar-refractivity contribution in [3.05, 3.63) is 83.8 Å². The van der Waals surface area contributed by atoms with Gasteiger partial charge in [-0.25, -0.2) is 18.2 Å². The number of amides is 1. The number of carbonyl (C=O) groups excluding carboxylic acids is 1. The standard InChI is InChI=1S/C18H11F3N2O2/c19-11-1-4-13(5-2-11)25-14-6-8-17(22-10-14)23-18(24)15-9-12(20)3-7-16(15)21/h1-10H,(H,22,23,24).